The molecule has 2 aliphatic rings. The molecule has 130 valence electrons. The largest absolute Gasteiger partial charge is 0.352 e. The average Bonchev–Trinajstić information content (AvgIpc) is 3.05. The number of carbonyl (C=O) groups excluding carboxylic acids is 1. The van der Waals surface area contributed by atoms with Gasteiger partial charge in [-0.25, -0.2) is 4.98 Å². The third-order valence-electron chi connectivity index (χ3n) is 4.70. The molecule has 6 nitrogen and oxygen atoms in total. The quantitative estimate of drug-likeness (QED) is 0.883. The molecule has 0 aromatic carbocycles. The molecule has 2 fully saturated rings. The first kappa shape index (κ1) is 19.9. The number of amides is 1. The summed E-state index contributed by atoms with van der Waals surface area (Å²) in [6.45, 7) is 6.23. The zero-order chi connectivity index (χ0) is 14.7. The number of nitrogens with zero attached hydrogens (tertiary/aromatic N) is 4. The summed E-state index contributed by atoms with van der Waals surface area (Å²) in [6.07, 6.45) is 8.10. The molecule has 0 radical (unpaired) electrons. The van der Waals surface area contributed by atoms with Crippen LogP contribution in [0, 0.1) is 0 Å². The number of piperazine rings is 1. The van der Waals surface area contributed by atoms with E-state index in [4.69, 9.17) is 0 Å². The number of nitrogens with one attached hydrogen (secondary N) is 1. The van der Waals surface area contributed by atoms with E-state index in [-0.39, 0.29) is 36.3 Å². The Morgan fingerprint density at radius 3 is 2.52 bits per heavy atom. The number of carbonyl (C=O) groups is 1. The van der Waals surface area contributed by atoms with Crippen LogP contribution in [0.4, 0.5) is 5.82 Å². The highest BCUT2D eigenvalue weighted by Gasteiger charge is 2.42. The molecule has 1 amide bonds. The zero-order valence-electron chi connectivity index (χ0n) is 13.4. The summed E-state index contributed by atoms with van der Waals surface area (Å²) in [5, 5.41) is 3.43. The monoisotopic (exact) mass is 361 g/mol. The minimum Gasteiger partial charge on any atom is -0.352 e. The number of halogens is 2. The Kier molecular flexibility index (Phi) is 7.51. The Morgan fingerprint density at radius 1 is 1.26 bits per heavy atom. The van der Waals surface area contributed by atoms with Gasteiger partial charge < -0.3 is 15.1 Å². The van der Waals surface area contributed by atoms with Gasteiger partial charge in [0.1, 0.15) is 5.82 Å². The van der Waals surface area contributed by atoms with Crippen molar-refractivity contribution >= 4 is 36.5 Å². The van der Waals surface area contributed by atoms with Crippen molar-refractivity contribution in [2.75, 3.05) is 37.6 Å². The molecule has 1 aromatic heterocycles. The van der Waals surface area contributed by atoms with Gasteiger partial charge in [0.25, 0.3) is 0 Å². The molecule has 0 spiro atoms. The number of aromatic nitrogens is 2. The fourth-order valence-electron chi connectivity index (χ4n) is 3.34. The second kappa shape index (κ2) is 8.66. The minimum absolute atomic E-state index is 0. The van der Waals surface area contributed by atoms with E-state index in [0.29, 0.717) is 0 Å². The van der Waals surface area contributed by atoms with Crippen molar-refractivity contribution in [3.05, 3.63) is 18.6 Å². The lowest BCUT2D eigenvalue weighted by atomic mass is 9.92. The second-order valence-corrected chi connectivity index (χ2v) is 5.81. The van der Waals surface area contributed by atoms with Gasteiger partial charge >= 0.3 is 0 Å². The number of hydrogen-bond acceptors (Lipinski definition) is 5. The highest BCUT2D eigenvalue weighted by Crippen LogP contribution is 2.26. The molecule has 3 heterocycles. The average molecular weight is 362 g/mol. The van der Waals surface area contributed by atoms with E-state index in [9.17, 15) is 4.79 Å². The van der Waals surface area contributed by atoms with E-state index >= 15 is 0 Å². The van der Waals surface area contributed by atoms with E-state index in [1.54, 1.807) is 18.6 Å². The first-order valence-electron chi connectivity index (χ1n) is 7.80. The smallest absolute Gasteiger partial charge is 0.242 e. The predicted molar refractivity (Wildman–Crippen MR) is 95.6 cm³/mol. The van der Waals surface area contributed by atoms with Crippen LogP contribution in [0.25, 0.3) is 0 Å². The van der Waals surface area contributed by atoms with Crippen LogP contribution in [0.2, 0.25) is 0 Å². The lowest BCUT2D eigenvalue weighted by Crippen LogP contribution is -2.59. The van der Waals surface area contributed by atoms with Crippen LogP contribution in [0.1, 0.15) is 26.2 Å². The zero-order valence-corrected chi connectivity index (χ0v) is 15.0. The highest BCUT2D eigenvalue weighted by atomic mass is 35.5. The molecule has 3 rings (SSSR count). The van der Waals surface area contributed by atoms with Crippen LogP contribution in [0.5, 0.6) is 0 Å². The van der Waals surface area contributed by atoms with Gasteiger partial charge in [-0.05, 0) is 25.8 Å². The van der Waals surface area contributed by atoms with Crippen LogP contribution >= 0.6 is 24.8 Å². The van der Waals surface area contributed by atoms with Crippen molar-refractivity contribution in [3.8, 4) is 0 Å². The molecule has 0 saturated carbocycles. The maximum absolute atomic E-state index is 12.8. The van der Waals surface area contributed by atoms with Gasteiger partial charge in [0, 0.05) is 38.6 Å². The Labute approximate surface area is 149 Å². The minimum atomic E-state index is -0.311. The van der Waals surface area contributed by atoms with Crippen LogP contribution < -0.4 is 10.2 Å². The van der Waals surface area contributed by atoms with Gasteiger partial charge in [-0.2, -0.15) is 0 Å². The lowest BCUT2D eigenvalue weighted by Gasteiger charge is -2.39. The molecule has 1 unspecified atom stereocenters. The van der Waals surface area contributed by atoms with E-state index in [0.717, 1.165) is 57.8 Å². The van der Waals surface area contributed by atoms with Gasteiger partial charge in [0.15, 0.2) is 0 Å². The Morgan fingerprint density at radius 2 is 2.00 bits per heavy atom. The summed E-state index contributed by atoms with van der Waals surface area (Å²) in [5.74, 6) is 1.18. The van der Waals surface area contributed by atoms with Gasteiger partial charge in [0.05, 0.1) is 11.7 Å². The van der Waals surface area contributed by atoms with Crippen molar-refractivity contribution in [1.82, 2.24) is 20.2 Å². The first-order chi connectivity index (χ1) is 10.2. The number of hydrogen-bond donors (Lipinski definition) is 1. The molecular formula is C15H25Cl2N5O. The summed E-state index contributed by atoms with van der Waals surface area (Å²) in [4.78, 5) is 25.4. The third kappa shape index (κ3) is 4.05. The Hall–Kier alpha value is -1.11. The van der Waals surface area contributed by atoms with E-state index < -0.39 is 0 Å². The van der Waals surface area contributed by atoms with Crippen LogP contribution in [0.3, 0.4) is 0 Å². The van der Waals surface area contributed by atoms with Crippen LogP contribution in [-0.2, 0) is 4.79 Å². The third-order valence-corrected chi connectivity index (χ3v) is 4.70. The van der Waals surface area contributed by atoms with Gasteiger partial charge in [-0.1, -0.05) is 6.92 Å². The fourth-order valence-corrected chi connectivity index (χ4v) is 3.34. The number of anilines is 1. The molecular weight excluding hydrogens is 337 g/mol. The standard InChI is InChI=1S/C15H23N5O.2ClH/c1-2-15(4-3-5-18-15)14(21)20-10-8-19(9-11-20)13-12-16-6-7-17-13;;/h6-7,12,18H,2-5,8-11H2,1H3;2*1H. The summed E-state index contributed by atoms with van der Waals surface area (Å²) in [7, 11) is 0. The van der Waals surface area contributed by atoms with Crippen molar-refractivity contribution in [3.63, 3.8) is 0 Å². The van der Waals surface area contributed by atoms with Crippen molar-refractivity contribution in [2.45, 2.75) is 31.7 Å². The van der Waals surface area contributed by atoms with Crippen LogP contribution in [-0.4, -0.2) is 59.0 Å². The van der Waals surface area contributed by atoms with E-state index in [1.807, 2.05) is 4.90 Å². The molecule has 2 saturated heterocycles. The SMILES string of the molecule is CCC1(C(=O)N2CCN(c3cnccn3)CC2)CCCN1.Cl.Cl. The Bertz CT molecular complexity index is 488. The van der Waals surface area contributed by atoms with Gasteiger partial charge in [-0.15, -0.1) is 24.8 Å². The lowest BCUT2D eigenvalue weighted by molar-refractivity contribution is -0.138. The topological polar surface area (TPSA) is 61.4 Å². The second-order valence-electron chi connectivity index (χ2n) is 5.81. The normalized spacial score (nSPS) is 23.9. The Balaban J connectivity index is 0.00000132. The molecule has 1 aromatic rings. The molecule has 23 heavy (non-hydrogen) atoms. The summed E-state index contributed by atoms with van der Waals surface area (Å²) in [6, 6.07) is 0. The maximum atomic E-state index is 12.8. The van der Waals surface area contributed by atoms with Gasteiger partial charge in [-0.3, -0.25) is 9.78 Å². The van der Waals surface area contributed by atoms with Crippen molar-refractivity contribution < 1.29 is 4.79 Å². The molecule has 2 aliphatic heterocycles. The predicted octanol–water partition coefficient (Wildman–Crippen LogP) is 1.50. The summed E-state index contributed by atoms with van der Waals surface area (Å²) >= 11 is 0. The van der Waals surface area contributed by atoms with Crippen molar-refractivity contribution in [1.29, 1.82) is 0 Å². The first-order valence-corrected chi connectivity index (χ1v) is 7.80. The van der Waals surface area contributed by atoms with E-state index in [1.165, 1.54) is 0 Å². The molecule has 0 aliphatic carbocycles. The fraction of sp³-hybridized carbons (Fsp3) is 0.667. The van der Waals surface area contributed by atoms with Crippen molar-refractivity contribution in [2.24, 2.45) is 0 Å². The summed E-state index contributed by atoms with van der Waals surface area (Å²) in [5.41, 5.74) is -0.311. The maximum Gasteiger partial charge on any atom is 0.242 e. The molecule has 0 bridgehead atoms. The summed E-state index contributed by atoms with van der Waals surface area (Å²) < 4.78 is 0. The highest BCUT2D eigenvalue weighted by molar-refractivity contribution is 5.87. The molecule has 1 N–H and O–H groups in total. The van der Waals surface area contributed by atoms with Gasteiger partial charge in [0.2, 0.25) is 5.91 Å². The molecule has 1 atom stereocenters. The van der Waals surface area contributed by atoms with Crippen LogP contribution in [0.15, 0.2) is 18.6 Å². The number of rotatable bonds is 3. The molecule has 8 heteroatoms. The van der Waals surface area contributed by atoms with E-state index in [2.05, 4.69) is 27.1 Å².